The maximum atomic E-state index is 6.39. The number of hydrogen-bond acceptors (Lipinski definition) is 4. The molecule has 1 aromatic rings. The Hall–Kier alpha value is -1.26. The lowest BCUT2D eigenvalue weighted by atomic mass is 9.87. The van der Waals surface area contributed by atoms with Crippen LogP contribution >= 0.6 is 0 Å². The van der Waals surface area contributed by atoms with Crippen LogP contribution in [0.4, 0.5) is 0 Å². The highest BCUT2D eigenvalue weighted by Crippen LogP contribution is 2.44. The predicted octanol–water partition coefficient (Wildman–Crippen LogP) is 2.33. The van der Waals surface area contributed by atoms with E-state index in [0.717, 1.165) is 43.0 Å². The van der Waals surface area contributed by atoms with Gasteiger partial charge in [0.15, 0.2) is 0 Å². The topological polar surface area (TPSA) is 47.7 Å². The highest BCUT2D eigenvalue weighted by Gasteiger charge is 2.45. The van der Waals surface area contributed by atoms with Gasteiger partial charge in [0.05, 0.1) is 7.11 Å². The average Bonchev–Trinajstić information content (AvgIpc) is 2.82. The van der Waals surface area contributed by atoms with Crippen molar-refractivity contribution in [2.75, 3.05) is 20.2 Å². The average molecular weight is 276 g/mol. The van der Waals surface area contributed by atoms with E-state index in [1.54, 1.807) is 7.11 Å². The molecule has 1 saturated heterocycles. The molecule has 20 heavy (non-hydrogen) atoms. The summed E-state index contributed by atoms with van der Waals surface area (Å²) < 4.78 is 11.6. The maximum Gasteiger partial charge on any atom is 0.125 e. The number of methoxy groups -OCH3 is 1. The molecule has 0 aliphatic carbocycles. The summed E-state index contributed by atoms with van der Waals surface area (Å²) in [6.45, 7) is 6.54. The minimum absolute atomic E-state index is 0.0287. The van der Waals surface area contributed by atoms with Gasteiger partial charge in [0.1, 0.15) is 17.1 Å². The monoisotopic (exact) mass is 276 g/mol. The fourth-order valence-corrected chi connectivity index (χ4v) is 3.39. The molecule has 0 saturated carbocycles. The minimum atomic E-state index is -0.106. The minimum Gasteiger partial charge on any atom is -0.497 e. The van der Waals surface area contributed by atoms with Gasteiger partial charge in [0.2, 0.25) is 0 Å². The van der Waals surface area contributed by atoms with Gasteiger partial charge in [0, 0.05) is 43.6 Å². The summed E-state index contributed by atoms with van der Waals surface area (Å²) in [5, 5.41) is 0. The predicted molar refractivity (Wildman–Crippen MR) is 79.2 cm³/mol. The molecule has 1 fully saturated rings. The van der Waals surface area contributed by atoms with E-state index < -0.39 is 0 Å². The van der Waals surface area contributed by atoms with Crippen LogP contribution in [0.5, 0.6) is 11.5 Å². The second-order valence-electron chi connectivity index (χ2n) is 6.31. The Morgan fingerprint density at radius 3 is 2.90 bits per heavy atom. The van der Waals surface area contributed by atoms with Crippen LogP contribution in [0.1, 0.15) is 38.3 Å². The normalized spacial score (nSPS) is 29.6. The zero-order valence-corrected chi connectivity index (χ0v) is 12.6. The zero-order valence-electron chi connectivity index (χ0n) is 12.6. The molecule has 3 rings (SSSR count). The van der Waals surface area contributed by atoms with Crippen molar-refractivity contribution in [1.29, 1.82) is 0 Å². The van der Waals surface area contributed by atoms with Gasteiger partial charge < -0.3 is 15.2 Å². The van der Waals surface area contributed by atoms with E-state index in [4.69, 9.17) is 15.2 Å². The summed E-state index contributed by atoms with van der Waals surface area (Å²) in [5.74, 6) is 1.77. The molecule has 0 bridgehead atoms. The lowest BCUT2D eigenvalue weighted by Crippen LogP contribution is -2.46. The van der Waals surface area contributed by atoms with Crippen LogP contribution in [-0.4, -0.2) is 36.7 Å². The molecule has 2 heterocycles. The van der Waals surface area contributed by atoms with Crippen LogP contribution in [-0.2, 0) is 0 Å². The van der Waals surface area contributed by atoms with Crippen LogP contribution in [0.3, 0.4) is 0 Å². The summed E-state index contributed by atoms with van der Waals surface area (Å²) in [7, 11) is 1.68. The lowest BCUT2D eigenvalue weighted by Gasteiger charge is -2.39. The van der Waals surface area contributed by atoms with E-state index >= 15 is 0 Å². The Labute approximate surface area is 120 Å². The van der Waals surface area contributed by atoms with E-state index in [1.165, 1.54) is 0 Å². The molecule has 2 aliphatic rings. The Bertz CT molecular complexity index is 503. The van der Waals surface area contributed by atoms with E-state index in [-0.39, 0.29) is 11.6 Å². The summed E-state index contributed by atoms with van der Waals surface area (Å²) in [5.41, 5.74) is 7.35. The number of likely N-dealkylation sites (tertiary alicyclic amines) is 1. The molecular weight excluding hydrogens is 252 g/mol. The number of fused-ring (bicyclic) bond motifs is 1. The lowest BCUT2D eigenvalue weighted by molar-refractivity contribution is 0.0408. The quantitative estimate of drug-likeness (QED) is 0.900. The van der Waals surface area contributed by atoms with Crippen molar-refractivity contribution >= 4 is 0 Å². The van der Waals surface area contributed by atoms with Crippen LogP contribution in [0.25, 0.3) is 0 Å². The molecule has 2 N–H and O–H groups in total. The largest absolute Gasteiger partial charge is 0.497 e. The third kappa shape index (κ3) is 2.27. The van der Waals surface area contributed by atoms with Gasteiger partial charge in [-0.3, -0.25) is 4.90 Å². The standard InChI is InChI=1S/C16H24N2O2/c1-11(2)18-7-6-16(10-18)9-14(17)13-8-12(19-3)4-5-15(13)20-16/h4-5,8,11,14H,6-7,9-10,17H2,1-3H3/t14-,16?/m1/s1. The third-order valence-corrected chi connectivity index (χ3v) is 4.61. The molecule has 0 radical (unpaired) electrons. The molecule has 2 aliphatic heterocycles. The fourth-order valence-electron chi connectivity index (χ4n) is 3.39. The molecule has 4 nitrogen and oxygen atoms in total. The first-order valence-corrected chi connectivity index (χ1v) is 7.39. The number of nitrogens with zero attached hydrogens (tertiary/aromatic N) is 1. The Balaban J connectivity index is 1.86. The van der Waals surface area contributed by atoms with Gasteiger partial charge in [-0.05, 0) is 32.0 Å². The van der Waals surface area contributed by atoms with E-state index in [1.807, 2.05) is 18.2 Å². The first-order valence-electron chi connectivity index (χ1n) is 7.39. The number of ether oxygens (including phenoxy) is 2. The van der Waals surface area contributed by atoms with Crippen molar-refractivity contribution in [1.82, 2.24) is 4.90 Å². The van der Waals surface area contributed by atoms with E-state index in [9.17, 15) is 0 Å². The summed E-state index contributed by atoms with van der Waals surface area (Å²) in [4.78, 5) is 2.47. The molecule has 2 atom stereocenters. The second-order valence-corrected chi connectivity index (χ2v) is 6.31. The van der Waals surface area contributed by atoms with Crippen molar-refractivity contribution in [3.05, 3.63) is 23.8 Å². The van der Waals surface area contributed by atoms with Gasteiger partial charge in [-0.1, -0.05) is 0 Å². The Kier molecular flexibility index (Phi) is 3.38. The van der Waals surface area contributed by atoms with Crippen LogP contribution in [0.15, 0.2) is 18.2 Å². The molecule has 4 heteroatoms. The number of hydrogen-bond donors (Lipinski definition) is 1. The van der Waals surface area contributed by atoms with Gasteiger partial charge in [-0.25, -0.2) is 0 Å². The SMILES string of the molecule is COc1ccc2c(c1)[C@H](N)CC1(CCN(C(C)C)C1)O2. The van der Waals surface area contributed by atoms with Crippen molar-refractivity contribution < 1.29 is 9.47 Å². The summed E-state index contributed by atoms with van der Waals surface area (Å²) in [6, 6.07) is 6.53. The first kappa shape index (κ1) is 13.7. The van der Waals surface area contributed by atoms with E-state index in [0.29, 0.717) is 6.04 Å². The smallest absolute Gasteiger partial charge is 0.125 e. The highest BCUT2D eigenvalue weighted by atomic mass is 16.5. The van der Waals surface area contributed by atoms with Crippen molar-refractivity contribution in [3.8, 4) is 11.5 Å². The Morgan fingerprint density at radius 2 is 2.25 bits per heavy atom. The van der Waals surface area contributed by atoms with E-state index in [2.05, 4.69) is 18.7 Å². The van der Waals surface area contributed by atoms with Gasteiger partial charge >= 0.3 is 0 Å². The van der Waals surface area contributed by atoms with Crippen molar-refractivity contribution in [2.45, 2.75) is 44.4 Å². The fraction of sp³-hybridized carbons (Fsp3) is 0.625. The number of benzene rings is 1. The van der Waals surface area contributed by atoms with Gasteiger partial charge in [-0.15, -0.1) is 0 Å². The molecular formula is C16H24N2O2. The maximum absolute atomic E-state index is 6.39. The Morgan fingerprint density at radius 1 is 1.45 bits per heavy atom. The van der Waals surface area contributed by atoms with Crippen LogP contribution in [0, 0.1) is 0 Å². The summed E-state index contributed by atoms with van der Waals surface area (Å²) >= 11 is 0. The first-order chi connectivity index (χ1) is 9.53. The molecule has 1 unspecified atom stereocenters. The third-order valence-electron chi connectivity index (χ3n) is 4.61. The number of rotatable bonds is 2. The molecule has 1 aromatic carbocycles. The van der Waals surface area contributed by atoms with Crippen LogP contribution < -0.4 is 15.2 Å². The van der Waals surface area contributed by atoms with Gasteiger partial charge in [0.25, 0.3) is 0 Å². The molecule has 0 amide bonds. The zero-order chi connectivity index (χ0) is 14.3. The van der Waals surface area contributed by atoms with Gasteiger partial charge in [-0.2, -0.15) is 0 Å². The summed E-state index contributed by atoms with van der Waals surface area (Å²) in [6.07, 6.45) is 1.95. The van der Waals surface area contributed by atoms with Crippen molar-refractivity contribution in [2.24, 2.45) is 5.73 Å². The molecule has 110 valence electrons. The number of nitrogens with two attached hydrogens (primary N) is 1. The molecule has 1 spiro atoms. The molecule has 0 aromatic heterocycles. The van der Waals surface area contributed by atoms with Crippen LogP contribution in [0.2, 0.25) is 0 Å². The van der Waals surface area contributed by atoms with Crippen molar-refractivity contribution in [3.63, 3.8) is 0 Å². The highest BCUT2D eigenvalue weighted by molar-refractivity contribution is 5.44. The second kappa shape index (κ2) is 4.93.